The van der Waals surface area contributed by atoms with Crippen LogP contribution in [0.15, 0.2) is 35.3 Å². The molecule has 1 unspecified atom stereocenters. The van der Waals surface area contributed by atoms with Crippen LogP contribution in [0.1, 0.15) is 11.6 Å². The molecule has 0 amide bonds. The van der Waals surface area contributed by atoms with Crippen LogP contribution in [0, 0.1) is 0 Å². The molecule has 1 aromatic rings. The maximum absolute atomic E-state index is 11.1. The lowest BCUT2D eigenvalue weighted by molar-refractivity contribution is -0.134. The fraction of sp³-hybridized carbons (Fsp3) is 0.273. The Morgan fingerprint density at radius 2 is 2.20 bits per heavy atom. The van der Waals surface area contributed by atoms with Crippen molar-refractivity contribution in [3.63, 3.8) is 0 Å². The van der Waals surface area contributed by atoms with Gasteiger partial charge in [-0.1, -0.05) is 30.3 Å². The molecule has 0 aromatic heterocycles. The average Bonchev–Trinajstić information content (AvgIpc) is 2.78. The summed E-state index contributed by atoms with van der Waals surface area (Å²) in [5.74, 6) is -0.459. The number of carbonyl (C=O) groups excluding carboxylic acids is 1. The van der Waals surface area contributed by atoms with Gasteiger partial charge in [-0.15, -0.1) is 0 Å². The van der Waals surface area contributed by atoms with E-state index in [1.165, 1.54) is 7.11 Å². The van der Waals surface area contributed by atoms with E-state index in [-0.39, 0.29) is 11.9 Å². The molecule has 0 saturated heterocycles. The van der Waals surface area contributed by atoms with E-state index < -0.39 is 5.97 Å². The van der Waals surface area contributed by atoms with Gasteiger partial charge < -0.3 is 9.47 Å². The molecule has 0 fully saturated rings. The van der Waals surface area contributed by atoms with Crippen LogP contribution in [0.3, 0.4) is 0 Å². The van der Waals surface area contributed by atoms with Crippen molar-refractivity contribution in [1.29, 1.82) is 0 Å². The Balaban J connectivity index is 2.16. The smallest absolute Gasteiger partial charge is 0.393 e. The molecule has 4 nitrogen and oxygen atoms in total. The minimum Gasteiger partial charge on any atom is -0.470 e. The predicted octanol–water partition coefficient (Wildman–Crippen LogP) is 1.33. The van der Waals surface area contributed by atoms with E-state index in [4.69, 9.17) is 4.74 Å². The number of aliphatic imine (C=N–C) groups is 1. The van der Waals surface area contributed by atoms with Crippen molar-refractivity contribution in [2.75, 3.05) is 13.7 Å². The van der Waals surface area contributed by atoms with E-state index in [9.17, 15) is 4.79 Å². The molecule has 1 aliphatic heterocycles. The van der Waals surface area contributed by atoms with Crippen molar-refractivity contribution in [2.24, 2.45) is 4.99 Å². The number of rotatable bonds is 2. The zero-order chi connectivity index (χ0) is 10.7. The Hall–Kier alpha value is -1.84. The Labute approximate surface area is 87.5 Å². The van der Waals surface area contributed by atoms with E-state index in [2.05, 4.69) is 9.73 Å². The summed E-state index contributed by atoms with van der Waals surface area (Å²) < 4.78 is 9.67. The van der Waals surface area contributed by atoms with Gasteiger partial charge in [0.25, 0.3) is 5.90 Å². The summed E-state index contributed by atoms with van der Waals surface area (Å²) in [5.41, 5.74) is 1.04. The van der Waals surface area contributed by atoms with Crippen LogP contribution in [0.4, 0.5) is 0 Å². The number of carbonyl (C=O) groups is 1. The third-order valence-corrected chi connectivity index (χ3v) is 2.20. The fourth-order valence-electron chi connectivity index (χ4n) is 1.42. The molecule has 0 aliphatic carbocycles. The third kappa shape index (κ3) is 1.98. The molecule has 78 valence electrons. The van der Waals surface area contributed by atoms with Gasteiger partial charge in [0.15, 0.2) is 0 Å². The van der Waals surface area contributed by atoms with E-state index >= 15 is 0 Å². The van der Waals surface area contributed by atoms with Crippen LogP contribution in [0.5, 0.6) is 0 Å². The lowest BCUT2D eigenvalue weighted by Crippen LogP contribution is -2.15. The van der Waals surface area contributed by atoms with Crippen LogP contribution in [-0.4, -0.2) is 25.6 Å². The molecule has 1 aromatic carbocycles. The van der Waals surface area contributed by atoms with Gasteiger partial charge in [-0.2, -0.15) is 0 Å². The first kappa shape index (κ1) is 9.71. The van der Waals surface area contributed by atoms with Gasteiger partial charge in [0.05, 0.1) is 7.11 Å². The molecule has 0 saturated carbocycles. The second-order valence-electron chi connectivity index (χ2n) is 3.16. The zero-order valence-corrected chi connectivity index (χ0v) is 8.34. The maximum atomic E-state index is 11.1. The summed E-state index contributed by atoms with van der Waals surface area (Å²) in [7, 11) is 1.31. The van der Waals surface area contributed by atoms with Crippen LogP contribution in [0.2, 0.25) is 0 Å². The number of benzene rings is 1. The molecule has 0 bridgehead atoms. The second kappa shape index (κ2) is 4.13. The first-order valence-corrected chi connectivity index (χ1v) is 4.65. The van der Waals surface area contributed by atoms with Crippen molar-refractivity contribution >= 4 is 11.9 Å². The highest BCUT2D eigenvalue weighted by atomic mass is 16.6. The van der Waals surface area contributed by atoms with Crippen molar-refractivity contribution in [3.05, 3.63) is 35.9 Å². The number of nitrogens with zero attached hydrogens (tertiary/aromatic N) is 1. The predicted molar refractivity (Wildman–Crippen MR) is 54.6 cm³/mol. The first-order valence-electron chi connectivity index (χ1n) is 4.65. The van der Waals surface area contributed by atoms with E-state index in [1.54, 1.807) is 0 Å². The summed E-state index contributed by atoms with van der Waals surface area (Å²) in [6, 6.07) is 9.61. The second-order valence-corrected chi connectivity index (χ2v) is 3.16. The van der Waals surface area contributed by atoms with Crippen LogP contribution in [-0.2, 0) is 14.3 Å². The first-order chi connectivity index (χ1) is 7.31. The highest BCUT2D eigenvalue weighted by molar-refractivity contribution is 6.32. The number of ether oxygens (including phenoxy) is 2. The molecular formula is C11H11NO3. The highest BCUT2D eigenvalue weighted by Crippen LogP contribution is 2.22. The third-order valence-electron chi connectivity index (χ3n) is 2.20. The normalized spacial score (nSPS) is 19.3. The van der Waals surface area contributed by atoms with Crippen LogP contribution < -0.4 is 0 Å². The average molecular weight is 205 g/mol. The van der Waals surface area contributed by atoms with E-state index in [0.717, 1.165) is 5.56 Å². The van der Waals surface area contributed by atoms with Gasteiger partial charge >= 0.3 is 5.97 Å². The summed E-state index contributed by atoms with van der Waals surface area (Å²) in [6.45, 7) is 0.397. The van der Waals surface area contributed by atoms with Crippen molar-refractivity contribution in [2.45, 2.75) is 6.04 Å². The van der Waals surface area contributed by atoms with Gasteiger partial charge in [-0.05, 0) is 5.56 Å². The van der Waals surface area contributed by atoms with E-state index in [0.29, 0.717) is 6.61 Å². The lowest BCUT2D eigenvalue weighted by atomic mass is 10.1. The van der Waals surface area contributed by atoms with Crippen molar-refractivity contribution in [3.8, 4) is 0 Å². The van der Waals surface area contributed by atoms with Crippen molar-refractivity contribution < 1.29 is 14.3 Å². The summed E-state index contributed by atoms with van der Waals surface area (Å²) >= 11 is 0. The van der Waals surface area contributed by atoms with Gasteiger partial charge in [0.2, 0.25) is 0 Å². The molecule has 1 atom stereocenters. The van der Waals surface area contributed by atoms with Gasteiger partial charge in [0, 0.05) is 0 Å². The number of esters is 1. The quantitative estimate of drug-likeness (QED) is 0.684. The molecule has 0 radical (unpaired) electrons. The van der Waals surface area contributed by atoms with Crippen molar-refractivity contribution in [1.82, 2.24) is 0 Å². The molecule has 15 heavy (non-hydrogen) atoms. The molecule has 2 rings (SSSR count). The minimum absolute atomic E-state index is 0.0614. The maximum Gasteiger partial charge on any atom is 0.393 e. The van der Waals surface area contributed by atoms with E-state index in [1.807, 2.05) is 30.3 Å². The number of hydrogen-bond donors (Lipinski definition) is 0. The van der Waals surface area contributed by atoms with Gasteiger partial charge in [0.1, 0.15) is 12.6 Å². The zero-order valence-electron chi connectivity index (χ0n) is 8.34. The van der Waals surface area contributed by atoms with Gasteiger partial charge in [-0.25, -0.2) is 9.79 Å². The summed E-state index contributed by atoms with van der Waals surface area (Å²) in [4.78, 5) is 15.3. The topological polar surface area (TPSA) is 47.9 Å². The molecular weight excluding hydrogens is 194 g/mol. The summed E-state index contributed by atoms with van der Waals surface area (Å²) in [6.07, 6.45) is 0. The Morgan fingerprint density at radius 3 is 2.87 bits per heavy atom. The SMILES string of the molecule is COC(=O)C1=NC(c2ccccc2)CO1. The van der Waals surface area contributed by atoms with Crippen LogP contribution in [0.25, 0.3) is 0 Å². The van der Waals surface area contributed by atoms with Gasteiger partial charge in [-0.3, -0.25) is 0 Å². The number of hydrogen-bond acceptors (Lipinski definition) is 4. The number of methoxy groups -OCH3 is 1. The monoisotopic (exact) mass is 205 g/mol. The Bertz CT molecular complexity index is 386. The lowest BCUT2D eigenvalue weighted by Gasteiger charge is -2.03. The molecule has 0 N–H and O–H groups in total. The largest absolute Gasteiger partial charge is 0.470 e. The van der Waals surface area contributed by atoms with Crippen LogP contribution >= 0.6 is 0 Å². The minimum atomic E-state index is -0.520. The Kier molecular flexibility index (Phi) is 2.67. The summed E-state index contributed by atoms with van der Waals surface area (Å²) in [5, 5.41) is 0. The molecule has 4 heteroatoms. The standard InChI is InChI=1S/C11H11NO3/c1-14-11(13)10-12-9(7-15-10)8-5-3-2-4-6-8/h2-6,9H,7H2,1H3. The Morgan fingerprint density at radius 1 is 1.47 bits per heavy atom. The molecule has 1 heterocycles. The molecule has 1 aliphatic rings. The highest BCUT2D eigenvalue weighted by Gasteiger charge is 2.25. The fourth-order valence-corrected chi connectivity index (χ4v) is 1.42. The molecule has 0 spiro atoms.